The molecule has 116 valence electrons. The van der Waals surface area contributed by atoms with Gasteiger partial charge >= 0.3 is 5.69 Å². The zero-order valence-electron chi connectivity index (χ0n) is 11.8. The fourth-order valence-electron chi connectivity index (χ4n) is 2.50. The van der Waals surface area contributed by atoms with Gasteiger partial charge in [0.2, 0.25) is 0 Å². The Bertz CT molecular complexity index is 630. The fraction of sp³-hybridized carbons (Fsp3) is 0.538. The number of nitro groups is 1. The van der Waals surface area contributed by atoms with E-state index in [4.69, 9.17) is 0 Å². The Morgan fingerprint density at radius 1 is 1.33 bits per heavy atom. The molecule has 1 unspecified atom stereocenters. The first-order valence-corrected chi connectivity index (χ1v) is 8.70. The van der Waals surface area contributed by atoms with Crippen molar-refractivity contribution in [1.82, 2.24) is 0 Å². The van der Waals surface area contributed by atoms with E-state index in [0.29, 0.717) is 30.9 Å². The summed E-state index contributed by atoms with van der Waals surface area (Å²) in [5.41, 5.74) is 0.884. The molecule has 8 heteroatoms. The first-order valence-electron chi connectivity index (χ1n) is 6.88. The van der Waals surface area contributed by atoms with Gasteiger partial charge in [0, 0.05) is 13.1 Å². The van der Waals surface area contributed by atoms with Crippen LogP contribution in [-0.4, -0.2) is 37.9 Å². The Hall–Kier alpha value is -1.83. The maximum atomic E-state index is 11.4. The van der Waals surface area contributed by atoms with Crippen LogP contribution in [0.5, 0.6) is 0 Å². The highest BCUT2D eigenvalue weighted by Crippen LogP contribution is 2.33. The summed E-state index contributed by atoms with van der Waals surface area (Å²) in [7, 11) is -2.93. The summed E-state index contributed by atoms with van der Waals surface area (Å²) in [6, 6.07) is 5.04. The second kappa shape index (κ2) is 6.30. The monoisotopic (exact) mass is 313 g/mol. The van der Waals surface area contributed by atoms with Gasteiger partial charge in [0.25, 0.3) is 0 Å². The van der Waals surface area contributed by atoms with Crippen LogP contribution < -0.4 is 10.6 Å². The predicted octanol–water partition coefficient (Wildman–Crippen LogP) is 1.87. The minimum absolute atomic E-state index is 0.000189. The molecule has 0 aliphatic carbocycles. The number of rotatable bonds is 6. The van der Waals surface area contributed by atoms with Gasteiger partial charge in [-0.05, 0) is 31.4 Å². The van der Waals surface area contributed by atoms with Crippen LogP contribution in [0.3, 0.4) is 0 Å². The van der Waals surface area contributed by atoms with E-state index in [1.807, 2.05) is 6.92 Å². The lowest BCUT2D eigenvalue weighted by molar-refractivity contribution is -0.383. The van der Waals surface area contributed by atoms with Crippen molar-refractivity contribution in [2.45, 2.75) is 13.3 Å². The van der Waals surface area contributed by atoms with Crippen molar-refractivity contribution >= 4 is 26.9 Å². The minimum Gasteiger partial charge on any atom is -0.380 e. The van der Waals surface area contributed by atoms with Gasteiger partial charge in [0.05, 0.1) is 16.4 Å². The maximum Gasteiger partial charge on any atom is 0.315 e. The number of benzene rings is 1. The molecule has 0 bridgehead atoms. The molecular weight excluding hydrogens is 294 g/mol. The summed E-state index contributed by atoms with van der Waals surface area (Å²) >= 11 is 0. The van der Waals surface area contributed by atoms with E-state index in [2.05, 4.69) is 10.6 Å². The molecule has 1 aliphatic rings. The number of sulfone groups is 1. The van der Waals surface area contributed by atoms with Gasteiger partial charge in [-0.15, -0.1) is 0 Å². The zero-order valence-corrected chi connectivity index (χ0v) is 12.6. The van der Waals surface area contributed by atoms with Crippen LogP contribution in [-0.2, 0) is 9.84 Å². The van der Waals surface area contributed by atoms with Gasteiger partial charge in [-0.25, -0.2) is 8.42 Å². The van der Waals surface area contributed by atoms with E-state index < -0.39 is 14.8 Å². The summed E-state index contributed by atoms with van der Waals surface area (Å²) in [5, 5.41) is 17.2. The molecule has 1 aliphatic heterocycles. The van der Waals surface area contributed by atoms with E-state index in [1.165, 1.54) is 0 Å². The van der Waals surface area contributed by atoms with E-state index in [0.717, 1.165) is 0 Å². The van der Waals surface area contributed by atoms with Crippen LogP contribution in [0.4, 0.5) is 17.1 Å². The molecule has 0 spiro atoms. The van der Waals surface area contributed by atoms with E-state index >= 15 is 0 Å². The molecular formula is C13H19N3O4S. The lowest BCUT2D eigenvalue weighted by Gasteiger charge is -2.13. The second-order valence-corrected chi connectivity index (χ2v) is 7.37. The standard InChI is InChI=1S/C13H19N3O4S/c1-2-14-11-4-3-5-12(13(11)16(17)18)15-8-10-6-7-21(19,20)9-10/h3-5,10,14-15H,2,6-9H2,1H3. The molecule has 1 heterocycles. The molecule has 1 atom stereocenters. The largest absolute Gasteiger partial charge is 0.380 e. The molecule has 1 aromatic carbocycles. The third-order valence-corrected chi connectivity index (χ3v) is 5.33. The maximum absolute atomic E-state index is 11.4. The number of hydrogen-bond acceptors (Lipinski definition) is 6. The number of anilines is 2. The highest BCUT2D eigenvalue weighted by atomic mass is 32.2. The van der Waals surface area contributed by atoms with Gasteiger partial charge in [0.15, 0.2) is 9.84 Å². The molecule has 21 heavy (non-hydrogen) atoms. The van der Waals surface area contributed by atoms with Crippen LogP contribution >= 0.6 is 0 Å². The van der Waals surface area contributed by atoms with Crippen molar-refractivity contribution in [3.8, 4) is 0 Å². The van der Waals surface area contributed by atoms with Crippen molar-refractivity contribution in [3.63, 3.8) is 0 Å². The molecule has 0 saturated carbocycles. The summed E-state index contributed by atoms with van der Waals surface area (Å²) in [6.45, 7) is 2.88. The topological polar surface area (TPSA) is 101 Å². The SMILES string of the molecule is CCNc1cccc(NCC2CCS(=O)(=O)C2)c1[N+](=O)[O-]. The van der Waals surface area contributed by atoms with Crippen LogP contribution in [0.15, 0.2) is 18.2 Å². The number of nitro benzene ring substituents is 1. The lowest BCUT2D eigenvalue weighted by Crippen LogP contribution is -2.16. The number of nitrogens with zero attached hydrogens (tertiary/aromatic N) is 1. The molecule has 1 saturated heterocycles. The van der Waals surface area contributed by atoms with Gasteiger partial charge in [-0.3, -0.25) is 10.1 Å². The van der Waals surface area contributed by atoms with E-state index in [9.17, 15) is 18.5 Å². The van der Waals surface area contributed by atoms with E-state index in [-0.39, 0.29) is 23.1 Å². The first kappa shape index (κ1) is 15.6. The Labute approximate surface area is 123 Å². The van der Waals surface area contributed by atoms with Crippen LogP contribution in [0, 0.1) is 16.0 Å². The highest BCUT2D eigenvalue weighted by Gasteiger charge is 2.28. The smallest absolute Gasteiger partial charge is 0.315 e. The average Bonchev–Trinajstić information content (AvgIpc) is 2.76. The molecule has 0 amide bonds. The third kappa shape index (κ3) is 3.84. The Kier molecular flexibility index (Phi) is 4.66. The van der Waals surface area contributed by atoms with Gasteiger partial charge in [-0.1, -0.05) is 6.07 Å². The summed E-state index contributed by atoms with van der Waals surface area (Å²) < 4.78 is 22.8. The molecule has 0 radical (unpaired) electrons. The predicted molar refractivity (Wildman–Crippen MR) is 82.5 cm³/mol. The van der Waals surface area contributed by atoms with Crippen molar-refractivity contribution < 1.29 is 13.3 Å². The van der Waals surface area contributed by atoms with Crippen molar-refractivity contribution in [3.05, 3.63) is 28.3 Å². The highest BCUT2D eigenvalue weighted by molar-refractivity contribution is 7.91. The number of hydrogen-bond donors (Lipinski definition) is 2. The molecule has 2 rings (SSSR count). The summed E-state index contributed by atoms with van der Waals surface area (Å²) in [5.74, 6) is 0.372. The minimum atomic E-state index is -2.93. The van der Waals surface area contributed by atoms with E-state index in [1.54, 1.807) is 18.2 Å². The molecule has 1 aromatic rings. The summed E-state index contributed by atoms with van der Waals surface area (Å²) in [6.07, 6.45) is 0.607. The molecule has 2 N–H and O–H groups in total. The molecule has 0 aromatic heterocycles. The van der Waals surface area contributed by atoms with Crippen LogP contribution in [0.1, 0.15) is 13.3 Å². The first-order chi connectivity index (χ1) is 9.93. The van der Waals surface area contributed by atoms with Crippen molar-refractivity contribution in [2.75, 3.05) is 35.2 Å². The fourth-order valence-corrected chi connectivity index (χ4v) is 4.37. The van der Waals surface area contributed by atoms with Crippen LogP contribution in [0.2, 0.25) is 0 Å². The summed E-state index contributed by atoms with van der Waals surface area (Å²) in [4.78, 5) is 10.8. The molecule has 7 nitrogen and oxygen atoms in total. The Morgan fingerprint density at radius 2 is 2.00 bits per heavy atom. The Balaban J connectivity index is 2.13. The Morgan fingerprint density at radius 3 is 2.52 bits per heavy atom. The lowest BCUT2D eigenvalue weighted by atomic mass is 10.1. The second-order valence-electron chi connectivity index (χ2n) is 5.14. The van der Waals surface area contributed by atoms with Crippen molar-refractivity contribution in [1.29, 1.82) is 0 Å². The van der Waals surface area contributed by atoms with Gasteiger partial charge in [0.1, 0.15) is 11.4 Å². The number of nitrogens with one attached hydrogen (secondary N) is 2. The van der Waals surface area contributed by atoms with Gasteiger partial charge in [-0.2, -0.15) is 0 Å². The van der Waals surface area contributed by atoms with Gasteiger partial charge < -0.3 is 10.6 Å². The average molecular weight is 313 g/mol. The zero-order chi connectivity index (χ0) is 15.5. The molecule has 1 fully saturated rings. The normalized spacial score (nSPS) is 20.1. The van der Waals surface area contributed by atoms with Crippen LogP contribution in [0.25, 0.3) is 0 Å². The van der Waals surface area contributed by atoms with Crippen molar-refractivity contribution in [2.24, 2.45) is 5.92 Å². The third-order valence-electron chi connectivity index (χ3n) is 3.49. The number of para-hydroxylation sites is 1. The quantitative estimate of drug-likeness (QED) is 0.614.